The van der Waals surface area contributed by atoms with Crippen LogP contribution in [0.25, 0.3) is 0 Å². The van der Waals surface area contributed by atoms with E-state index in [2.05, 4.69) is 27.9 Å². The normalized spacial score (nSPS) is 10.3. The molecule has 0 atom stereocenters. The number of carbonyl (C=O) groups excluding carboxylic acids is 2. The number of halogens is 1. The molecular formula is C29H34ClN2NaO4S. The number of aromatic nitrogens is 2. The third-order valence-electron chi connectivity index (χ3n) is 5.74. The van der Waals surface area contributed by atoms with Gasteiger partial charge in [-0.05, 0) is 70.4 Å². The fourth-order valence-electron chi connectivity index (χ4n) is 4.08. The molecule has 0 bridgehead atoms. The maximum atomic E-state index is 11.5. The third kappa shape index (κ3) is 9.71. The first-order valence-corrected chi connectivity index (χ1v) is 14.0. The van der Waals surface area contributed by atoms with E-state index in [1.807, 2.05) is 52.1 Å². The Kier molecular flexibility index (Phi) is 13.5. The number of H-pyrrole nitrogens is 1. The molecule has 0 radical (unpaired) electrons. The van der Waals surface area contributed by atoms with E-state index >= 15 is 0 Å². The van der Waals surface area contributed by atoms with Crippen LogP contribution in [0.1, 0.15) is 64.1 Å². The van der Waals surface area contributed by atoms with Gasteiger partial charge in [0.05, 0.1) is 4.90 Å². The molecule has 1 N–H and O–H groups in total. The van der Waals surface area contributed by atoms with Crippen LogP contribution in [0.15, 0.2) is 78.0 Å². The molecule has 0 saturated carbocycles. The molecule has 0 unspecified atom stereocenters. The van der Waals surface area contributed by atoms with Gasteiger partial charge in [-0.25, -0.2) is 8.42 Å². The van der Waals surface area contributed by atoms with Gasteiger partial charge in [-0.3, -0.25) is 9.59 Å². The summed E-state index contributed by atoms with van der Waals surface area (Å²) < 4.78 is 23.3. The Morgan fingerprint density at radius 1 is 0.842 bits per heavy atom. The number of hydrogen-bond acceptors (Lipinski definition) is 4. The molecule has 2 aromatic carbocycles. The summed E-state index contributed by atoms with van der Waals surface area (Å²) in [6, 6.07) is 18.1. The van der Waals surface area contributed by atoms with E-state index in [0.717, 1.165) is 40.2 Å². The molecular weight excluding hydrogens is 531 g/mol. The SMILES string of the molecule is CC(=O)c1c(C)c[nH]c1C.CC(=O)c1c(C)cn(Cc2ccccc2)c1C.O=S(=O)(Cl)c1ccccc1.[H-].[Na+]. The van der Waals surface area contributed by atoms with Gasteiger partial charge in [0.1, 0.15) is 0 Å². The van der Waals surface area contributed by atoms with Gasteiger partial charge in [0, 0.05) is 52.1 Å². The van der Waals surface area contributed by atoms with Crippen molar-refractivity contribution in [3.05, 3.63) is 112 Å². The van der Waals surface area contributed by atoms with E-state index in [1.165, 1.54) is 17.7 Å². The van der Waals surface area contributed by atoms with E-state index < -0.39 is 9.05 Å². The van der Waals surface area contributed by atoms with Gasteiger partial charge in [0.25, 0.3) is 9.05 Å². The number of rotatable bonds is 5. The Morgan fingerprint density at radius 3 is 1.68 bits per heavy atom. The minimum absolute atomic E-state index is 0. The molecule has 0 spiro atoms. The van der Waals surface area contributed by atoms with Crippen molar-refractivity contribution in [2.45, 2.75) is 53.0 Å². The van der Waals surface area contributed by atoms with Crippen LogP contribution in [0.3, 0.4) is 0 Å². The summed E-state index contributed by atoms with van der Waals surface area (Å²) in [5.41, 5.74) is 7.06. The predicted octanol–water partition coefficient (Wildman–Crippen LogP) is 3.92. The monoisotopic (exact) mass is 564 g/mol. The molecule has 198 valence electrons. The van der Waals surface area contributed by atoms with E-state index in [1.54, 1.807) is 32.0 Å². The van der Waals surface area contributed by atoms with Gasteiger partial charge < -0.3 is 11.0 Å². The van der Waals surface area contributed by atoms with Crippen molar-refractivity contribution in [3.8, 4) is 0 Å². The second-order valence-corrected chi connectivity index (χ2v) is 11.3. The minimum Gasteiger partial charge on any atom is -1.00 e. The number of carbonyl (C=O) groups is 2. The average molecular weight is 565 g/mol. The van der Waals surface area contributed by atoms with Crippen molar-refractivity contribution < 1.29 is 49.0 Å². The first-order valence-electron chi connectivity index (χ1n) is 11.7. The topological polar surface area (TPSA) is 89.0 Å². The zero-order valence-corrected chi connectivity index (χ0v) is 26.6. The average Bonchev–Trinajstić information content (AvgIpc) is 3.32. The molecule has 0 saturated heterocycles. The van der Waals surface area contributed by atoms with Crippen LogP contribution in [-0.2, 0) is 15.6 Å². The number of nitrogens with zero attached hydrogens (tertiary/aromatic N) is 1. The van der Waals surface area contributed by atoms with E-state index in [-0.39, 0.29) is 47.4 Å². The van der Waals surface area contributed by atoms with Crippen LogP contribution >= 0.6 is 10.7 Å². The van der Waals surface area contributed by atoms with Crippen molar-refractivity contribution >= 4 is 31.3 Å². The maximum Gasteiger partial charge on any atom is 1.00 e. The maximum absolute atomic E-state index is 11.5. The van der Waals surface area contributed by atoms with Gasteiger partial charge in [0.2, 0.25) is 0 Å². The van der Waals surface area contributed by atoms with Crippen LogP contribution < -0.4 is 29.6 Å². The Bertz CT molecular complexity index is 1450. The van der Waals surface area contributed by atoms with Crippen molar-refractivity contribution in [2.75, 3.05) is 0 Å². The van der Waals surface area contributed by atoms with Crippen LogP contribution in [0.2, 0.25) is 0 Å². The first kappa shape index (κ1) is 33.6. The summed E-state index contributed by atoms with van der Waals surface area (Å²) in [6.07, 6.45) is 3.91. The first-order chi connectivity index (χ1) is 17.3. The molecule has 2 heterocycles. The molecule has 2 aromatic heterocycles. The van der Waals surface area contributed by atoms with Gasteiger partial charge >= 0.3 is 29.6 Å². The molecule has 0 aliphatic carbocycles. The summed E-state index contributed by atoms with van der Waals surface area (Å²) in [7, 11) is 1.50. The van der Waals surface area contributed by atoms with Crippen LogP contribution in [0.5, 0.6) is 0 Å². The molecule has 6 nitrogen and oxygen atoms in total. The summed E-state index contributed by atoms with van der Waals surface area (Å²) in [5.74, 6) is 0.281. The quantitative estimate of drug-likeness (QED) is 0.226. The molecule has 0 fully saturated rings. The van der Waals surface area contributed by atoms with Gasteiger partial charge in [-0.2, -0.15) is 0 Å². The van der Waals surface area contributed by atoms with Gasteiger partial charge in [0.15, 0.2) is 11.6 Å². The minimum atomic E-state index is -3.53. The third-order valence-corrected chi connectivity index (χ3v) is 7.11. The Morgan fingerprint density at radius 2 is 1.34 bits per heavy atom. The summed E-state index contributed by atoms with van der Waals surface area (Å²) in [5, 5.41) is 0. The van der Waals surface area contributed by atoms with Crippen molar-refractivity contribution in [3.63, 3.8) is 0 Å². The molecule has 4 aromatic rings. The summed E-state index contributed by atoms with van der Waals surface area (Å²) in [6.45, 7) is 11.9. The van der Waals surface area contributed by atoms with Crippen molar-refractivity contribution in [1.82, 2.24) is 9.55 Å². The zero-order valence-electron chi connectivity index (χ0n) is 24.0. The number of aromatic amines is 1. The fourth-order valence-corrected chi connectivity index (χ4v) is 4.87. The van der Waals surface area contributed by atoms with Crippen LogP contribution in [-0.4, -0.2) is 29.5 Å². The Balaban J connectivity index is 0.000000573. The predicted molar refractivity (Wildman–Crippen MR) is 150 cm³/mol. The molecule has 0 aliphatic rings. The van der Waals surface area contributed by atoms with E-state index in [9.17, 15) is 18.0 Å². The number of benzene rings is 2. The molecule has 9 heteroatoms. The van der Waals surface area contributed by atoms with E-state index in [4.69, 9.17) is 10.7 Å². The second kappa shape index (κ2) is 15.2. The number of ketones is 2. The zero-order chi connectivity index (χ0) is 27.8. The largest absolute Gasteiger partial charge is 1.00 e. The number of nitrogens with one attached hydrogen (secondary N) is 1. The smallest absolute Gasteiger partial charge is 1.00 e. The van der Waals surface area contributed by atoms with Crippen molar-refractivity contribution in [2.24, 2.45) is 0 Å². The van der Waals surface area contributed by atoms with Crippen molar-refractivity contribution in [1.29, 1.82) is 0 Å². The summed E-state index contributed by atoms with van der Waals surface area (Å²) >= 11 is 0. The van der Waals surface area contributed by atoms with Crippen LogP contribution in [0, 0.1) is 27.7 Å². The Labute approximate surface area is 253 Å². The molecule has 4 rings (SSSR count). The standard InChI is InChI=1S/C15H17NO.C8H11NO.C6H5ClO2S.Na.H/c1-11-9-16(12(2)15(11)13(3)17)10-14-7-5-4-6-8-14;1-5-4-9-6(2)8(5)7(3)10;7-10(8,9)6-4-2-1-3-5-6;;/h4-9H,10H2,1-3H3;4,9H,1-3H3;1-5H;;/q;;;+1;-1. The number of hydrogen-bond donors (Lipinski definition) is 1. The fraction of sp³-hybridized carbons (Fsp3) is 0.241. The second-order valence-electron chi connectivity index (χ2n) is 8.72. The van der Waals surface area contributed by atoms with Gasteiger partial charge in [-0.15, -0.1) is 0 Å². The molecule has 0 aliphatic heterocycles. The van der Waals surface area contributed by atoms with Gasteiger partial charge in [-0.1, -0.05) is 48.5 Å². The number of Topliss-reactive ketones (excluding diaryl/α,β-unsaturated/α-hetero) is 2. The Hall–Kier alpha value is -2.42. The molecule has 38 heavy (non-hydrogen) atoms. The number of aryl methyl sites for hydroxylation is 3. The van der Waals surface area contributed by atoms with Crippen LogP contribution in [0.4, 0.5) is 0 Å². The summed E-state index contributed by atoms with van der Waals surface area (Å²) in [4.78, 5) is 25.6. The van der Waals surface area contributed by atoms with E-state index in [0.29, 0.717) is 0 Å². The molecule has 0 amide bonds.